The molecule has 0 aliphatic heterocycles. The standard InChI is InChI=1S/C28H30N2O5/c1-17(2)35-21-10-8-20(9-11-21)23-14-18(3)6-12-22(23)27(33)29-25-13-7-19(16-26(31)32)15-24(25)28(34)30(4)5/h6-15,17H,16H2,1-5H3,(H,29,33)(H,31,32). The summed E-state index contributed by atoms with van der Waals surface area (Å²) in [5.41, 5.74) is 4.07. The second-order valence-electron chi connectivity index (χ2n) is 8.84. The lowest BCUT2D eigenvalue weighted by molar-refractivity contribution is -0.136. The van der Waals surface area contributed by atoms with Crippen LogP contribution in [0, 0.1) is 6.92 Å². The molecule has 0 aromatic heterocycles. The van der Waals surface area contributed by atoms with Crippen LogP contribution in [0.3, 0.4) is 0 Å². The van der Waals surface area contributed by atoms with Gasteiger partial charge in [-0.25, -0.2) is 0 Å². The Hall–Kier alpha value is -4.13. The highest BCUT2D eigenvalue weighted by Crippen LogP contribution is 2.29. The summed E-state index contributed by atoms with van der Waals surface area (Å²) in [6.07, 6.45) is -0.164. The minimum Gasteiger partial charge on any atom is -0.491 e. The van der Waals surface area contributed by atoms with Crippen molar-refractivity contribution in [3.05, 3.63) is 82.9 Å². The molecule has 35 heavy (non-hydrogen) atoms. The Labute approximate surface area is 205 Å². The maximum absolute atomic E-state index is 13.4. The van der Waals surface area contributed by atoms with Crippen LogP contribution >= 0.6 is 0 Å². The van der Waals surface area contributed by atoms with Gasteiger partial charge in [0.2, 0.25) is 0 Å². The van der Waals surface area contributed by atoms with E-state index in [1.807, 2.05) is 57.2 Å². The third-order valence-electron chi connectivity index (χ3n) is 5.28. The second kappa shape index (κ2) is 10.9. The van der Waals surface area contributed by atoms with E-state index in [1.165, 1.54) is 11.0 Å². The van der Waals surface area contributed by atoms with Crippen LogP contribution in [0.15, 0.2) is 60.7 Å². The fraction of sp³-hybridized carbons (Fsp3) is 0.250. The van der Waals surface area contributed by atoms with Crippen LogP contribution in [-0.2, 0) is 11.2 Å². The zero-order valence-electron chi connectivity index (χ0n) is 20.6. The number of benzene rings is 3. The van der Waals surface area contributed by atoms with Gasteiger partial charge in [-0.05, 0) is 67.8 Å². The molecule has 0 aliphatic carbocycles. The molecule has 182 valence electrons. The maximum Gasteiger partial charge on any atom is 0.307 e. The van der Waals surface area contributed by atoms with Gasteiger partial charge in [0.15, 0.2) is 0 Å². The number of rotatable bonds is 8. The molecule has 0 aliphatic rings. The van der Waals surface area contributed by atoms with Crippen molar-refractivity contribution in [1.82, 2.24) is 4.90 Å². The Bertz CT molecular complexity index is 1250. The lowest BCUT2D eigenvalue weighted by Gasteiger charge is -2.17. The van der Waals surface area contributed by atoms with Crippen molar-refractivity contribution < 1.29 is 24.2 Å². The summed E-state index contributed by atoms with van der Waals surface area (Å²) in [4.78, 5) is 38.7. The predicted octanol–water partition coefficient (Wildman–Crippen LogP) is 5.03. The molecule has 0 radical (unpaired) electrons. The van der Waals surface area contributed by atoms with Gasteiger partial charge in [0.1, 0.15) is 5.75 Å². The van der Waals surface area contributed by atoms with E-state index in [0.29, 0.717) is 16.8 Å². The monoisotopic (exact) mass is 474 g/mol. The lowest BCUT2D eigenvalue weighted by atomic mass is 9.96. The highest BCUT2D eigenvalue weighted by Gasteiger charge is 2.19. The van der Waals surface area contributed by atoms with E-state index < -0.39 is 5.97 Å². The fourth-order valence-electron chi connectivity index (χ4n) is 3.67. The second-order valence-corrected chi connectivity index (χ2v) is 8.84. The van der Waals surface area contributed by atoms with Crippen LogP contribution < -0.4 is 10.1 Å². The Kier molecular flexibility index (Phi) is 7.91. The zero-order valence-corrected chi connectivity index (χ0v) is 20.6. The van der Waals surface area contributed by atoms with Gasteiger partial charge in [0, 0.05) is 19.7 Å². The van der Waals surface area contributed by atoms with Crippen molar-refractivity contribution in [3.8, 4) is 16.9 Å². The number of aryl methyl sites for hydroxylation is 1. The molecule has 3 aromatic carbocycles. The van der Waals surface area contributed by atoms with Crippen molar-refractivity contribution in [1.29, 1.82) is 0 Å². The molecule has 3 aromatic rings. The van der Waals surface area contributed by atoms with Crippen LogP contribution in [0.4, 0.5) is 5.69 Å². The van der Waals surface area contributed by atoms with Crippen LogP contribution in [-0.4, -0.2) is 48.0 Å². The highest BCUT2D eigenvalue weighted by atomic mass is 16.5. The van der Waals surface area contributed by atoms with Gasteiger partial charge in [-0.15, -0.1) is 0 Å². The van der Waals surface area contributed by atoms with Crippen molar-refractivity contribution in [2.24, 2.45) is 0 Å². The van der Waals surface area contributed by atoms with Gasteiger partial charge >= 0.3 is 5.97 Å². The number of nitrogens with zero attached hydrogens (tertiary/aromatic N) is 1. The molecule has 2 amide bonds. The van der Waals surface area contributed by atoms with E-state index in [0.717, 1.165) is 22.4 Å². The van der Waals surface area contributed by atoms with Crippen molar-refractivity contribution in [2.45, 2.75) is 33.3 Å². The summed E-state index contributed by atoms with van der Waals surface area (Å²) in [6.45, 7) is 5.87. The Balaban J connectivity index is 1.97. The smallest absolute Gasteiger partial charge is 0.307 e. The molecule has 0 saturated heterocycles. The Morgan fingerprint density at radius 1 is 0.943 bits per heavy atom. The van der Waals surface area contributed by atoms with Gasteiger partial charge in [-0.2, -0.15) is 0 Å². The summed E-state index contributed by atoms with van der Waals surface area (Å²) < 4.78 is 5.72. The maximum atomic E-state index is 13.4. The number of anilines is 1. The molecule has 0 atom stereocenters. The molecule has 7 nitrogen and oxygen atoms in total. The molecule has 0 saturated carbocycles. The molecule has 0 spiro atoms. The van der Waals surface area contributed by atoms with Crippen molar-refractivity contribution in [3.63, 3.8) is 0 Å². The number of amides is 2. The van der Waals surface area contributed by atoms with Gasteiger partial charge in [-0.3, -0.25) is 14.4 Å². The summed E-state index contributed by atoms with van der Waals surface area (Å²) in [6, 6.07) is 17.8. The van der Waals surface area contributed by atoms with Gasteiger partial charge in [0.05, 0.1) is 23.8 Å². The topological polar surface area (TPSA) is 95.9 Å². The van der Waals surface area contributed by atoms with E-state index in [4.69, 9.17) is 9.84 Å². The normalized spacial score (nSPS) is 10.7. The van der Waals surface area contributed by atoms with Gasteiger partial charge in [-0.1, -0.05) is 35.9 Å². The number of carboxylic acid groups (broad SMARTS) is 1. The van der Waals surface area contributed by atoms with Gasteiger partial charge in [0.25, 0.3) is 11.8 Å². The average Bonchev–Trinajstić information content (AvgIpc) is 2.79. The van der Waals surface area contributed by atoms with Gasteiger partial charge < -0.3 is 20.1 Å². The van der Waals surface area contributed by atoms with Crippen LogP contribution in [0.25, 0.3) is 11.1 Å². The van der Waals surface area contributed by atoms with E-state index in [2.05, 4.69) is 5.32 Å². The number of carboxylic acids is 1. The largest absolute Gasteiger partial charge is 0.491 e. The molecular weight excluding hydrogens is 444 g/mol. The number of carbonyl (C=O) groups excluding carboxylic acids is 2. The summed E-state index contributed by atoms with van der Waals surface area (Å²) in [7, 11) is 3.20. The molecule has 0 unspecified atom stereocenters. The number of ether oxygens (including phenoxy) is 1. The molecule has 0 bridgehead atoms. The van der Waals surface area contributed by atoms with E-state index >= 15 is 0 Å². The van der Waals surface area contributed by atoms with E-state index in [-0.39, 0.29) is 29.9 Å². The third kappa shape index (κ3) is 6.47. The summed E-state index contributed by atoms with van der Waals surface area (Å²) in [5.74, 6) is -0.964. The first-order chi connectivity index (χ1) is 16.5. The minimum atomic E-state index is -1.00. The minimum absolute atomic E-state index is 0.0575. The molecule has 0 heterocycles. The number of hydrogen-bond donors (Lipinski definition) is 2. The van der Waals surface area contributed by atoms with E-state index in [1.54, 1.807) is 32.3 Å². The lowest BCUT2D eigenvalue weighted by Crippen LogP contribution is -2.24. The number of carbonyl (C=O) groups is 3. The Morgan fingerprint density at radius 2 is 1.63 bits per heavy atom. The summed E-state index contributed by atoms with van der Waals surface area (Å²) >= 11 is 0. The average molecular weight is 475 g/mol. The number of hydrogen-bond acceptors (Lipinski definition) is 4. The number of aliphatic carboxylic acids is 1. The van der Waals surface area contributed by atoms with Crippen LogP contribution in [0.1, 0.15) is 45.7 Å². The highest BCUT2D eigenvalue weighted by molar-refractivity contribution is 6.12. The molecule has 0 fully saturated rings. The fourth-order valence-corrected chi connectivity index (χ4v) is 3.67. The van der Waals surface area contributed by atoms with Crippen LogP contribution in [0.5, 0.6) is 5.75 Å². The van der Waals surface area contributed by atoms with Crippen molar-refractivity contribution >= 4 is 23.5 Å². The first-order valence-electron chi connectivity index (χ1n) is 11.3. The molecular formula is C28H30N2O5. The zero-order chi connectivity index (χ0) is 25.7. The third-order valence-corrected chi connectivity index (χ3v) is 5.28. The Morgan fingerprint density at radius 3 is 2.23 bits per heavy atom. The van der Waals surface area contributed by atoms with Crippen molar-refractivity contribution in [2.75, 3.05) is 19.4 Å². The first-order valence-corrected chi connectivity index (χ1v) is 11.3. The quantitative estimate of drug-likeness (QED) is 0.477. The predicted molar refractivity (Wildman–Crippen MR) is 136 cm³/mol. The molecule has 2 N–H and O–H groups in total. The first kappa shape index (κ1) is 25.5. The number of nitrogens with one attached hydrogen (secondary N) is 1. The summed E-state index contributed by atoms with van der Waals surface area (Å²) in [5, 5.41) is 12.0. The SMILES string of the molecule is Cc1ccc(C(=O)Nc2ccc(CC(=O)O)cc2C(=O)N(C)C)c(-c2ccc(OC(C)C)cc2)c1. The van der Waals surface area contributed by atoms with Crippen LogP contribution in [0.2, 0.25) is 0 Å². The van der Waals surface area contributed by atoms with E-state index in [9.17, 15) is 14.4 Å². The molecule has 3 rings (SSSR count). The molecule has 7 heteroatoms.